The highest BCUT2D eigenvalue weighted by Crippen LogP contribution is 2.36. The molecule has 0 radical (unpaired) electrons. The van der Waals surface area contributed by atoms with Crippen LogP contribution in [0.2, 0.25) is 0 Å². The van der Waals surface area contributed by atoms with Gasteiger partial charge in [0, 0.05) is 13.1 Å². The van der Waals surface area contributed by atoms with Crippen LogP contribution in [-0.4, -0.2) is 31.0 Å². The van der Waals surface area contributed by atoms with Crippen molar-refractivity contribution >= 4 is 5.91 Å². The van der Waals surface area contributed by atoms with Crippen molar-refractivity contribution in [3.8, 4) is 11.8 Å². The minimum absolute atomic E-state index is 0.0189. The van der Waals surface area contributed by atoms with Gasteiger partial charge in [-0.2, -0.15) is 5.26 Å². The first kappa shape index (κ1) is 17.0. The minimum Gasteiger partial charge on any atom is -0.496 e. The number of methoxy groups -OCH3 is 1. The van der Waals surface area contributed by atoms with Gasteiger partial charge in [-0.1, -0.05) is 42.5 Å². The molecule has 4 heteroatoms. The topological polar surface area (TPSA) is 53.3 Å². The first-order valence-electron chi connectivity index (χ1n) is 8.51. The molecule has 1 saturated heterocycles. The number of nitrogens with zero attached hydrogens (tertiary/aromatic N) is 2. The largest absolute Gasteiger partial charge is 0.496 e. The Kier molecular flexibility index (Phi) is 4.76. The maximum atomic E-state index is 13.0. The molecule has 0 spiro atoms. The second kappa shape index (κ2) is 6.98. The number of amides is 1. The number of hydrogen-bond donors (Lipinski definition) is 0. The van der Waals surface area contributed by atoms with E-state index in [-0.39, 0.29) is 5.91 Å². The summed E-state index contributed by atoms with van der Waals surface area (Å²) < 4.78 is 5.37. The van der Waals surface area contributed by atoms with Crippen LogP contribution in [0.4, 0.5) is 0 Å². The van der Waals surface area contributed by atoms with E-state index in [0.29, 0.717) is 37.2 Å². The van der Waals surface area contributed by atoms with Gasteiger partial charge in [-0.15, -0.1) is 0 Å². The van der Waals surface area contributed by atoms with Gasteiger partial charge in [0.25, 0.3) is 5.91 Å². The Morgan fingerprint density at radius 3 is 2.40 bits per heavy atom. The average molecular weight is 334 g/mol. The van der Waals surface area contributed by atoms with Crippen molar-refractivity contribution in [1.29, 1.82) is 5.26 Å². The highest BCUT2D eigenvalue weighted by molar-refractivity contribution is 5.98. The summed E-state index contributed by atoms with van der Waals surface area (Å²) >= 11 is 0. The third-order valence-corrected chi connectivity index (χ3v) is 5.11. The van der Waals surface area contributed by atoms with E-state index >= 15 is 0 Å². The number of ether oxygens (including phenoxy) is 1. The van der Waals surface area contributed by atoms with Gasteiger partial charge in [-0.05, 0) is 37.0 Å². The van der Waals surface area contributed by atoms with Crippen LogP contribution in [-0.2, 0) is 5.41 Å². The Morgan fingerprint density at radius 1 is 1.12 bits per heavy atom. The lowest BCUT2D eigenvalue weighted by molar-refractivity contribution is 0.0688. The molecule has 0 bridgehead atoms. The number of nitriles is 1. The molecule has 1 aliphatic rings. The first-order chi connectivity index (χ1) is 12.1. The van der Waals surface area contributed by atoms with Crippen LogP contribution in [0.5, 0.6) is 5.75 Å². The summed E-state index contributed by atoms with van der Waals surface area (Å²) in [6.07, 6.45) is 1.29. The SMILES string of the molecule is COc1cccc(C)c1C(=O)N1CCC(C#N)(c2ccccc2)CC1. The fraction of sp³-hybridized carbons (Fsp3) is 0.333. The maximum Gasteiger partial charge on any atom is 0.257 e. The molecule has 4 nitrogen and oxygen atoms in total. The number of carbonyl (C=O) groups is 1. The van der Waals surface area contributed by atoms with Crippen molar-refractivity contribution in [1.82, 2.24) is 4.90 Å². The highest BCUT2D eigenvalue weighted by Gasteiger charge is 2.38. The molecule has 25 heavy (non-hydrogen) atoms. The quantitative estimate of drug-likeness (QED) is 0.860. The Hall–Kier alpha value is -2.80. The molecule has 1 heterocycles. The molecule has 0 N–H and O–H groups in total. The van der Waals surface area contributed by atoms with Crippen molar-refractivity contribution in [2.75, 3.05) is 20.2 Å². The van der Waals surface area contributed by atoms with E-state index < -0.39 is 5.41 Å². The zero-order valence-corrected chi connectivity index (χ0v) is 14.7. The summed E-state index contributed by atoms with van der Waals surface area (Å²) in [5.74, 6) is 0.583. The zero-order valence-electron chi connectivity index (χ0n) is 14.7. The lowest BCUT2D eigenvalue weighted by Crippen LogP contribution is -2.44. The van der Waals surface area contributed by atoms with Crippen molar-refractivity contribution < 1.29 is 9.53 Å². The number of piperidine rings is 1. The van der Waals surface area contributed by atoms with Gasteiger partial charge in [0.05, 0.1) is 24.2 Å². The predicted octanol–water partition coefficient (Wildman–Crippen LogP) is 3.70. The second-order valence-corrected chi connectivity index (χ2v) is 6.50. The normalized spacial score (nSPS) is 16.1. The van der Waals surface area contributed by atoms with E-state index in [9.17, 15) is 10.1 Å². The summed E-state index contributed by atoms with van der Waals surface area (Å²) in [6, 6.07) is 18.0. The lowest BCUT2D eigenvalue weighted by atomic mass is 9.74. The van der Waals surface area contributed by atoms with E-state index in [1.807, 2.05) is 60.4 Å². The fourth-order valence-corrected chi connectivity index (χ4v) is 3.56. The summed E-state index contributed by atoms with van der Waals surface area (Å²) in [4.78, 5) is 14.8. The van der Waals surface area contributed by atoms with E-state index in [1.165, 1.54) is 0 Å². The molecule has 2 aromatic rings. The molecule has 0 unspecified atom stereocenters. The van der Waals surface area contributed by atoms with E-state index in [2.05, 4.69) is 6.07 Å². The van der Waals surface area contributed by atoms with Gasteiger partial charge in [-0.25, -0.2) is 0 Å². The Morgan fingerprint density at radius 2 is 1.80 bits per heavy atom. The Bertz CT molecular complexity index is 800. The smallest absolute Gasteiger partial charge is 0.257 e. The number of benzene rings is 2. The molecule has 1 fully saturated rings. The highest BCUT2D eigenvalue weighted by atomic mass is 16.5. The molecule has 128 valence electrons. The van der Waals surface area contributed by atoms with E-state index in [0.717, 1.165) is 11.1 Å². The monoisotopic (exact) mass is 334 g/mol. The number of hydrogen-bond acceptors (Lipinski definition) is 3. The Balaban J connectivity index is 1.81. The molecule has 0 aromatic heterocycles. The van der Waals surface area contributed by atoms with Crippen molar-refractivity contribution in [2.45, 2.75) is 25.2 Å². The molecule has 2 aromatic carbocycles. The van der Waals surface area contributed by atoms with Gasteiger partial charge in [0.1, 0.15) is 5.75 Å². The zero-order chi connectivity index (χ0) is 17.9. The van der Waals surface area contributed by atoms with Crippen molar-refractivity contribution in [2.24, 2.45) is 0 Å². The number of likely N-dealkylation sites (tertiary alicyclic amines) is 1. The van der Waals surface area contributed by atoms with Gasteiger partial charge in [-0.3, -0.25) is 4.79 Å². The summed E-state index contributed by atoms with van der Waals surface area (Å²) in [5.41, 5.74) is 2.06. The van der Waals surface area contributed by atoms with E-state index in [4.69, 9.17) is 4.74 Å². The Labute approximate surface area is 148 Å². The maximum absolute atomic E-state index is 13.0. The molecular formula is C21H22N2O2. The van der Waals surface area contributed by atoms with Crippen molar-refractivity contribution in [3.63, 3.8) is 0 Å². The first-order valence-corrected chi connectivity index (χ1v) is 8.51. The molecular weight excluding hydrogens is 312 g/mol. The van der Waals surface area contributed by atoms with Crippen LogP contribution >= 0.6 is 0 Å². The van der Waals surface area contributed by atoms with Crippen LogP contribution in [0.25, 0.3) is 0 Å². The van der Waals surface area contributed by atoms with Crippen LogP contribution in [0, 0.1) is 18.3 Å². The van der Waals surface area contributed by atoms with Gasteiger partial charge >= 0.3 is 0 Å². The molecule has 1 amide bonds. The number of carbonyl (C=O) groups excluding carboxylic acids is 1. The van der Waals surface area contributed by atoms with Gasteiger partial charge in [0.15, 0.2) is 0 Å². The molecule has 1 aliphatic heterocycles. The summed E-state index contributed by atoms with van der Waals surface area (Å²) in [6.45, 7) is 3.06. The standard InChI is InChI=1S/C21H22N2O2/c1-16-7-6-10-18(25-2)19(16)20(24)23-13-11-21(15-22,12-14-23)17-8-4-3-5-9-17/h3-10H,11-14H2,1-2H3. The molecule has 0 aliphatic carbocycles. The number of rotatable bonds is 3. The third kappa shape index (κ3) is 3.10. The third-order valence-electron chi connectivity index (χ3n) is 5.11. The summed E-state index contributed by atoms with van der Waals surface area (Å²) in [5, 5.41) is 9.79. The van der Waals surface area contributed by atoms with Gasteiger partial charge < -0.3 is 9.64 Å². The molecule has 0 atom stereocenters. The lowest BCUT2D eigenvalue weighted by Gasteiger charge is -2.38. The molecule has 0 saturated carbocycles. The summed E-state index contributed by atoms with van der Waals surface area (Å²) in [7, 11) is 1.58. The van der Waals surface area contributed by atoms with Crippen LogP contribution < -0.4 is 4.74 Å². The van der Waals surface area contributed by atoms with Crippen molar-refractivity contribution in [3.05, 3.63) is 65.2 Å². The van der Waals surface area contributed by atoms with Crippen LogP contribution in [0.15, 0.2) is 48.5 Å². The van der Waals surface area contributed by atoms with Crippen LogP contribution in [0.3, 0.4) is 0 Å². The average Bonchev–Trinajstić information content (AvgIpc) is 2.68. The van der Waals surface area contributed by atoms with Crippen LogP contribution in [0.1, 0.15) is 34.3 Å². The fourth-order valence-electron chi connectivity index (χ4n) is 3.56. The number of aryl methyl sites for hydroxylation is 1. The minimum atomic E-state index is -0.506. The second-order valence-electron chi connectivity index (χ2n) is 6.50. The predicted molar refractivity (Wildman–Crippen MR) is 96.6 cm³/mol. The van der Waals surface area contributed by atoms with E-state index in [1.54, 1.807) is 7.11 Å². The van der Waals surface area contributed by atoms with Gasteiger partial charge in [0.2, 0.25) is 0 Å². The molecule has 3 rings (SSSR count).